The summed E-state index contributed by atoms with van der Waals surface area (Å²) in [5.41, 5.74) is 2.05. The zero-order valence-electron chi connectivity index (χ0n) is 11.6. The van der Waals surface area contributed by atoms with E-state index in [-0.39, 0.29) is 9.79 Å². The van der Waals surface area contributed by atoms with Crippen molar-refractivity contribution in [2.24, 2.45) is 0 Å². The molecule has 106 valence electrons. The molecule has 0 bridgehead atoms. The average molecular weight is 292 g/mol. The Morgan fingerprint density at radius 2 is 1.80 bits per heavy atom. The van der Waals surface area contributed by atoms with Crippen molar-refractivity contribution in [1.82, 2.24) is 0 Å². The molecule has 0 aliphatic carbocycles. The number of benzene rings is 2. The monoisotopic (exact) mass is 292 g/mol. The summed E-state index contributed by atoms with van der Waals surface area (Å²) in [6.45, 7) is 3.99. The lowest BCUT2D eigenvalue weighted by Crippen LogP contribution is -2.05. The third-order valence-electron chi connectivity index (χ3n) is 3.28. The van der Waals surface area contributed by atoms with Gasteiger partial charge in [-0.3, -0.25) is 0 Å². The van der Waals surface area contributed by atoms with Crippen molar-refractivity contribution >= 4 is 9.84 Å². The van der Waals surface area contributed by atoms with Gasteiger partial charge in [-0.15, -0.1) is 0 Å². The summed E-state index contributed by atoms with van der Waals surface area (Å²) in [4.78, 5) is -0.122. The molecule has 0 fully saturated rings. The maximum absolute atomic E-state index is 13.7. The Morgan fingerprint density at radius 1 is 1.10 bits per heavy atom. The van der Waals surface area contributed by atoms with Crippen LogP contribution in [0.15, 0.2) is 52.3 Å². The highest BCUT2D eigenvalue weighted by Gasteiger charge is 2.21. The summed E-state index contributed by atoms with van der Waals surface area (Å²) in [6, 6.07) is 10.4. The van der Waals surface area contributed by atoms with Crippen LogP contribution in [0, 0.1) is 12.7 Å². The van der Waals surface area contributed by atoms with Crippen LogP contribution in [0.4, 0.5) is 4.39 Å². The molecule has 0 aromatic heterocycles. The van der Waals surface area contributed by atoms with Crippen LogP contribution in [-0.4, -0.2) is 8.42 Å². The molecule has 0 saturated carbocycles. The molecule has 2 aromatic carbocycles. The van der Waals surface area contributed by atoms with Gasteiger partial charge in [0.15, 0.2) is 0 Å². The molecule has 0 N–H and O–H groups in total. The molecule has 20 heavy (non-hydrogen) atoms. The Labute approximate surface area is 119 Å². The summed E-state index contributed by atoms with van der Waals surface area (Å²) in [6.07, 6.45) is 1.75. The summed E-state index contributed by atoms with van der Waals surface area (Å²) >= 11 is 0. The van der Waals surface area contributed by atoms with Crippen molar-refractivity contribution in [2.45, 2.75) is 36.5 Å². The SMILES string of the molecule is CCCc1cc(S(=O)(=O)c2ccccc2F)ccc1C. The van der Waals surface area contributed by atoms with E-state index in [0.29, 0.717) is 0 Å². The normalized spacial score (nSPS) is 11.6. The molecule has 0 saturated heterocycles. The van der Waals surface area contributed by atoms with Gasteiger partial charge in [-0.2, -0.15) is 0 Å². The summed E-state index contributed by atoms with van der Waals surface area (Å²) in [5, 5.41) is 0. The van der Waals surface area contributed by atoms with Gasteiger partial charge in [-0.25, -0.2) is 12.8 Å². The van der Waals surface area contributed by atoms with Crippen molar-refractivity contribution in [2.75, 3.05) is 0 Å². The lowest BCUT2D eigenvalue weighted by Gasteiger charge is -2.10. The maximum Gasteiger partial charge on any atom is 0.209 e. The standard InChI is InChI=1S/C16H17FO2S/c1-3-6-13-11-14(10-9-12(13)2)20(18,19)16-8-5-4-7-15(16)17/h4-5,7-11H,3,6H2,1-2H3. The second-order valence-corrected chi connectivity index (χ2v) is 6.69. The number of halogens is 1. The summed E-state index contributed by atoms with van der Waals surface area (Å²) in [7, 11) is -3.80. The lowest BCUT2D eigenvalue weighted by molar-refractivity contribution is 0.567. The van der Waals surface area contributed by atoms with Gasteiger partial charge >= 0.3 is 0 Å². The number of hydrogen-bond donors (Lipinski definition) is 0. The summed E-state index contributed by atoms with van der Waals surface area (Å²) in [5.74, 6) is -0.717. The Kier molecular flexibility index (Phi) is 4.23. The smallest absolute Gasteiger partial charge is 0.209 e. The second kappa shape index (κ2) is 5.75. The number of aryl methyl sites for hydroxylation is 2. The highest BCUT2D eigenvalue weighted by Crippen LogP contribution is 2.25. The Morgan fingerprint density at radius 3 is 2.45 bits per heavy atom. The topological polar surface area (TPSA) is 34.1 Å². The molecule has 2 rings (SSSR count). The molecule has 0 aliphatic heterocycles. The zero-order valence-corrected chi connectivity index (χ0v) is 12.4. The number of sulfone groups is 1. The molecular formula is C16H17FO2S. The van der Waals surface area contributed by atoms with Crippen LogP contribution >= 0.6 is 0 Å². The predicted octanol–water partition coefficient (Wildman–Crippen LogP) is 3.92. The molecule has 0 heterocycles. The average Bonchev–Trinajstić information content (AvgIpc) is 2.41. The van der Waals surface area contributed by atoms with Crippen LogP contribution in [0.25, 0.3) is 0 Å². The van der Waals surface area contributed by atoms with E-state index in [9.17, 15) is 12.8 Å². The van der Waals surface area contributed by atoms with Gasteiger partial charge in [0.1, 0.15) is 10.7 Å². The fourth-order valence-electron chi connectivity index (χ4n) is 2.14. The van der Waals surface area contributed by atoms with Crippen LogP contribution in [0.3, 0.4) is 0 Å². The van der Waals surface area contributed by atoms with Crippen molar-refractivity contribution in [3.05, 3.63) is 59.4 Å². The van der Waals surface area contributed by atoms with Gasteiger partial charge in [-0.1, -0.05) is 31.5 Å². The molecule has 2 aromatic rings. The fraction of sp³-hybridized carbons (Fsp3) is 0.250. The molecule has 0 amide bonds. The van der Waals surface area contributed by atoms with Crippen LogP contribution in [0.2, 0.25) is 0 Å². The Hall–Kier alpha value is -1.68. The molecule has 0 aliphatic rings. The minimum absolute atomic E-state index is 0.150. The van der Waals surface area contributed by atoms with Gasteiger partial charge in [0.2, 0.25) is 9.84 Å². The van der Waals surface area contributed by atoms with E-state index in [1.54, 1.807) is 12.1 Å². The Bertz CT molecular complexity index is 721. The maximum atomic E-state index is 13.7. The van der Waals surface area contributed by atoms with E-state index in [1.807, 2.05) is 13.8 Å². The van der Waals surface area contributed by atoms with Gasteiger partial charge in [0.05, 0.1) is 4.90 Å². The predicted molar refractivity (Wildman–Crippen MR) is 77.0 cm³/mol. The highest BCUT2D eigenvalue weighted by atomic mass is 32.2. The van der Waals surface area contributed by atoms with Crippen LogP contribution in [0.1, 0.15) is 24.5 Å². The van der Waals surface area contributed by atoms with Crippen molar-refractivity contribution in [1.29, 1.82) is 0 Å². The fourth-order valence-corrected chi connectivity index (χ4v) is 3.52. The molecule has 0 radical (unpaired) electrons. The van der Waals surface area contributed by atoms with E-state index < -0.39 is 15.7 Å². The molecule has 2 nitrogen and oxygen atoms in total. The van der Waals surface area contributed by atoms with Crippen molar-refractivity contribution in [3.63, 3.8) is 0 Å². The van der Waals surface area contributed by atoms with Gasteiger partial charge < -0.3 is 0 Å². The third-order valence-corrected chi connectivity index (χ3v) is 5.06. The van der Waals surface area contributed by atoms with Crippen molar-refractivity contribution < 1.29 is 12.8 Å². The second-order valence-electron chi connectivity index (χ2n) is 4.77. The number of hydrogen-bond acceptors (Lipinski definition) is 2. The molecule has 0 atom stereocenters. The minimum Gasteiger partial charge on any atom is -0.218 e. The first-order chi connectivity index (χ1) is 9.46. The third kappa shape index (κ3) is 2.75. The largest absolute Gasteiger partial charge is 0.218 e. The zero-order chi connectivity index (χ0) is 14.8. The first-order valence-electron chi connectivity index (χ1n) is 6.56. The van der Waals surface area contributed by atoms with Gasteiger partial charge in [-0.05, 0) is 48.7 Å². The first-order valence-corrected chi connectivity index (χ1v) is 8.04. The summed E-state index contributed by atoms with van der Waals surface area (Å²) < 4.78 is 38.7. The van der Waals surface area contributed by atoms with Gasteiger partial charge in [0.25, 0.3) is 0 Å². The van der Waals surface area contributed by atoms with E-state index in [4.69, 9.17) is 0 Å². The van der Waals surface area contributed by atoms with E-state index in [2.05, 4.69) is 0 Å². The lowest BCUT2D eigenvalue weighted by atomic mass is 10.0. The van der Waals surface area contributed by atoms with Gasteiger partial charge in [0, 0.05) is 0 Å². The van der Waals surface area contributed by atoms with Crippen molar-refractivity contribution in [3.8, 4) is 0 Å². The van der Waals surface area contributed by atoms with E-state index in [0.717, 1.165) is 30.0 Å². The molecular weight excluding hydrogens is 275 g/mol. The molecule has 0 spiro atoms. The van der Waals surface area contributed by atoms with Crippen LogP contribution in [-0.2, 0) is 16.3 Å². The quantitative estimate of drug-likeness (QED) is 0.856. The minimum atomic E-state index is -3.80. The van der Waals surface area contributed by atoms with E-state index >= 15 is 0 Å². The Balaban J connectivity index is 2.56. The molecule has 0 unspecified atom stereocenters. The van der Waals surface area contributed by atoms with Crippen LogP contribution < -0.4 is 0 Å². The number of rotatable bonds is 4. The van der Waals surface area contributed by atoms with E-state index in [1.165, 1.54) is 24.3 Å². The molecule has 4 heteroatoms. The van der Waals surface area contributed by atoms with Crippen LogP contribution in [0.5, 0.6) is 0 Å². The highest BCUT2D eigenvalue weighted by molar-refractivity contribution is 7.91. The first kappa shape index (κ1) is 14.7.